The number of nitrogens with one attached hydrogen (secondary N) is 2. The van der Waals surface area contributed by atoms with Gasteiger partial charge in [0.1, 0.15) is 0 Å². The first-order valence-electron chi connectivity index (χ1n) is 12.4. The number of allylic oxidation sites excluding steroid dienone is 4. The molecule has 0 unspecified atom stereocenters. The number of hydrogen-bond acceptors (Lipinski definition) is 2. The number of aromatic nitrogens is 2. The van der Waals surface area contributed by atoms with Gasteiger partial charge in [0, 0.05) is 35.9 Å². The molecule has 0 saturated heterocycles. The Morgan fingerprint density at radius 3 is 2.55 bits per heavy atom. The normalized spacial score (nSPS) is 17.9. The second-order valence-corrected chi connectivity index (χ2v) is 9.03. The van der Waals surface area contributed by atoms with Gasteiger partial charge >= 0.3 is 0 Å². The summed E-state index contributed by atoms with van der Waals surface area (Å²) in [4.78, 5) is 16.6. The van der Waals surface area contributed by atoms with Gasteiger partial charge in [0.15, 0.2) is 0 Å². The van der Waals surface area contributed by atoms with Crippen molar-refractivity contribution < 1.29 is 0 Å². The molecule has 4 heterocycles. The average Bonchev–Trinajstić information content (AvgIpc) is 3.59. The van der Waals surface area contributed by atoms with Crippen LogP contribution in [0.15, 0.2) is 63.0 Å². The third kappa shape index (κ3) is 5.27. The molecule has 2 aliphatic heterocycles. The molecule has 0 spiro atoms. The smallest absolute Gasteiger partial charge is 0.0686 e. The van der Waals surface area contributed by atoms with Crippen molar-refractivity contribution in [3.05, 3.63) is 81.2 Å². The lowest BCUT2D eigenvalue weighted by molar-refractivity contribution is 0.785. The summed E-state index contributed by atoms with van der Waals surface area (Å²) < 4.78 is 0. The third-order valence-corrected chi connectivity index (χ3v) is 6.64. The minimum Gasteiger partial charge on any atom is -0.362 e. The van der Waals surface area contributed by atoms with E-state index in [9.17, 15) is 0 Å². The van der Waals surface area contributed by atoms with Crippen LogP contribution >= 0.6 is 0 Å². The van der Waals surface area contributed by atoms with E-state index in [2.05, 4.69) is 66.9 Å². The zero-order valence-electron chi connectivity index (χ0n) is 20.5. The van der Waals surface area contributed by atoms with Gasteiger partial charge in [-0.1, -0.05) is 26.7 Å². The number of H-pyrrole nitrogens is 2. The fourth-order valence-electron chi connectivity index (χ4n) is 4.64. The van der Waals surface area contributed by atoms with Crippen LogP contribution in [0.25, 0.3) is 12.2 Å². The molecule has 0 fully saturated rings. The first-order chi connectivity index (χ1) is 16.1. The second-order valence-electron chi connectivity index (χ2n) is 9.03. The Morgan fingerprint density at radius 2 is 1.85 bits per heavy atom. The summed E-state index contributed by atoms with van der Waals surface area (Å²) in [6.07, 6.45) is 20.0. The topological polar surface area (TPSA) is 56.3 Å². The molecule has 4 nitrogen and oxygen atoms in total. The van der Waals surface area contributed by atoms with Crippen molar-refractivity contribution in [1.82, 2.24) is 9.97 Å². The average molecular weight is 441 g/mol. The lowest BCUT2D eigenvalue weighted by Crippen LogP contribution is -2.08. The summed E-state index contributed by atoms with van der Waals surface area (Å²) in [5, 5.41) is 0. The van der Waals surface area contributed by atoms with Gasteiger partial charge in [0.05, 0.1) is 17.1 Å². The summed E-state index contributed by atoms with van der Waals surface area (Å²) in [5.74, 6) is 0. The van der Waals surface area contributed by atoms with E-state index < -0.39 is 0 Å². The maximum atomic E-state index is 5.15. The van der Waals surface area contributed by atoms with E-state index in [0.717, 1.165) is 36.4 Å². The monoisotopic (exact) mass is 440 g/mol. The van der Waals surface area contributed by atoms with E-state index in [-0.39, 0.29) is 0 Å². The first-order valence-corrected chi connectivity index (χ1v) is 12.4. The molecule has 0 saturated carbocycles. The van der Waals surface area contributed by atoms with Gasteiger partial charge in [-0.05, 0) is 98.2 Å². The predicted molar refractivity (Wildman–Crippen MR) is 142 cm³/mol. The van der Waals surface area contributed by atoms with Crippen LogP contribution in [-0.2, 0) is 12.8 Å². The molecule has 4 rings (SSSR count). The van der Waals surface area contributed by atoms with E-state index in [4.69, 9.17) is 4.99 Å². The highest BCUT2D eigenvalue weighted by Crippen LogP contribution is 2.33. The third-order valence-electron chi connectivity index (χ3n) is 6.64. The SMILES string of the molecule is CCCCC1=C(C)C(=Cc2ccc[nH]2)N=C1Cc1[nH]c(C=C2C=CC=N2)c(C)c1CCCC. The van der Waals surface area contributed by atoms with Gasteiger partial charge < -0.3 is 9.97 Å². The summed E-state index contributed by atoms with van der Waals surface area (Å²) >= 11 is 0. The molecule has 0 radical (unpaired) electrons. The highest BCUT2D eigenvalue weighted by molar-refractivity contribution is 6.06. The fourth-order valence-corrected chi connectivity index (χ4v) is 4.64. The van der Waals surface area contributed by atoms with Crippen molar-refractivity contribution in [1.29, 1.82) is 0 Å². The van der Waals surface area contributed by atoms with Gasteiger partial charge in [-0.15, -0.1) is 0 Å². The van der Waals surface area contributed by atoms with Crippen LogP contribution in [0, 0.1) is 6.92 Å². The number of unbranched alkanes of at least 4 members (excludes halogenated alkanes) is 2. The van der Waals surface area contributed by atoms with Crippen LogP contribution in [0.2, 0.25) is 0 Å². The number of aromatic amines is 2. The standard InChI is InChI=1S/C29H36N4/c1-5-7-13-24-20(3)26(17-22-11-9-15-30-22)32-28(24)19-29-25(14-8-6-2)21(4)27(33-29)18-23-12-10-16-31-23/h9-12,15-18,30,33H,5-8,13-14,19H2,1-4H3. The molecule has 0 amide bonds. The maximum absolute atomic E-state index is 5.15. The summed E-state index contributed by atoms with van der Waals surface area (Å²) in [5.41, 5.74) is 12.4. The molecule has 33 heavy (non-hydrogen) atoms. The van der Waals surface area contributed by atoms with Crippen LogP contribution in [0.3, 0.4) is 0 Å². The zero-order valence-corrected chi connectivity index (χ0v) is 20.5. The van der Waals surface area contributed by atoms with E-state index in [1.54, 1.807) is 0 Å². The van der Waals surface area contributed by atoms with Crippen LogP contribution in [0.5, 0.6) is 0 Å². The van der Waals surface area contributed by atoms with Gasteiger partial charge in [-0.25, -0.2) is 0 Å². The van der Waals surface area contributed by atoms with Gasteiger partial charge in [-0.2, -0.15) is 0 Å². The van der Waals surface area contributed by atoms with Gasteiger partial charge in [0.2, 0.25) is 0 Å². The molecule has 2 N–H and O–H groups in total. The van der Waals surface area contributed by atoms with Gasteiger partial charge in [0.25, 0.3) is 0 Å². The summed E-state index contributed by atoms with van der Waals surface area (Å²) in [6.45, 7) is 8.99. The Kier molecular flexibility index (Phi) is 7.43. The van der Waals surface area contributed by atoms with Crippen LogP contribution in [0.1, 0.15) is 81.1 Å². The van der Waals surface area contributed by atoms with Gasteiger partial charge in [-0.3, -0.25) is 9.98 Å². The van der Waals surface area contributed by atoms with Crippen molar-refractivity contribution in [2.75, 3.05) is 0 Å². The molecular formula is C29H36N4. The zero-order chi connectivity index (χ0) is 23.2. The van der Waals surface area contributed by atoms with Crippen molar-refractivity contribution in [2.45, 2.75) is 72.6 Å². The Hall–Kier alpha value is -3.14. The highest BCUT2D eigenvalue weighted by atomic mass is 14.8. The van der Waals surface area contributed by atoms with E-state index in [0.29, 0.717) is 0 Å². The van der Waals surface area contributed by atoms with Crippen LogP contribution in [0.4, 0.5) is 0 Å². The molecule has 0 aliphatic carbocycles. The Labute approximate surface area is 198 Å². The Bertz CT molecular complexity index is 1150. The minimum absolute atomic E-state index is 0.848. The van der Waals surface area contributed by atoms with Crippen LogP contribution < -0.4 is 0 Å². The number of hydrogen-bond donors (Lipinski definition) is 2. The lowest BCUT2D eigenvalue weighted by atomic mass is 9.95. The quantitative estimate of drug-likeness (QED) is 0.384. The van der Waals surface area contributed by atoms with Crippen molar-refractivity contribution >= 4 is 24.1 Å². The molecule has 0 aromatic carbocycles. The van der Waals surface area contributed by atoms with E-state index in [1.807, 2.05) is 24.6 Å². The van der Waals surface area contributed by atoms with Crippen LogP contribution in [-0.4, -0.2) is 21.9 Å². The number of rotatable bonds is 10. The maximum Gasteiger partial charge on any atom is 0.0686 e. The molecule has 2 aliphatic rings. The second kappa shape index (κ2) is 10.7. The molecule has 0 bridgehead atoms. The number of nitrogens with zero attached hydrogens (tertiary/aromatic N) is 2. The summed E-state index contributed by atoms with van der Waals surface area (Å²) in [7, 11) is 0. The molecule has 0 atom stereocenters. The highest BCUT2D eigenvalue weighted by Gasteiger charge is 2.23. The van der Waals surface area contributed by atoms with Crippen molar-refractivity contribution in [3.8, 4) is 0 Å². The Morgan fingerprint density at radius 1 is 1.03 bits per heavy atom. The van der Waals surface area contributed by atoms with E-state index in [1.165, 1.54) is 65.1 Å². The largest absolute Gasteiger partial charge is 0.362 e. The molecule has 2 aromatic rings. The van der Waals surface area contributed by atoms with Crippen molar-refractivity contribution in [3.63, 3.8) is 0 Å². The van der Waals surface area contributed by atoms with E-state index >= 15 is 0 Å². The molecule has 4 heteroatoms. The molecule has 2 aromatic heterocycles. The lowest BCUT2D eigenvalue weighted by Gasteiger charge is -2.09. The minimum atomic E-state index is 0.848. The molecule has 172 valence electrons. The Balaban J connectivity index is 1.70. The number of aliphatic imine (C=N–C) groups is 2. The summed E-state index contributed by atoms with van der Waals surface area (Å²) in [6, 6.07) is 4.13. The predicted octanol–water partition coefficient (Wildman–Crippen LogP) is 7.52. The fraction of sp³-hybridized carbons (Fsp3) is 0.379. The first kappa shape index (κ1) is 23.0. The molecular weight excluding hydrogens is 404 g/mol. The van der Waals surface area contributed by atoms with Crippen molar-refractivity contribution in [2.24, 2.45) is 9.98 Å².